The largest absolute Gasteiger partial charge is 0.397 e. The summed E-state index contributed by atoms with van der Waals surface area (Å²) in [5, 5.41) is 8.70. The maximum atomic E-state index is 12.7. The van der Waals surface area contributed by atoms with E-state index < -0.39 is 0 Å². The van der Waals surface area contributed by atoms with Gasteiger partial charge in [-0.05, 0) is 33.0 Å². The first-order valence-corrected chi connectivity index (χ1v) is 7.85. The molecule has 0 saturated carbocycles. The SMILES string of the molecule is CN(C)C1CCN(C(=O)c2sc3nnccc3c2N)CC1. The fraction of sp³-hybridized carbons (Fsp3) is 0.500. The first-order valence-electron chi connectivity index (χ1n) is 7.03. The lowest BCUT2D eigenvalue weighted by Crippen LogP contribution is -2.44. The molecule has 0 atom stereocenters. The van der Waals surface area contributed by atoms with Crippen molar-refractivity contribution in [2.75, 3.05) is 32.9 Å². The molecule has 2 aromatic rings. The number of anilines is 1. The molecule has 21 heavy (non-hydrogen) atoms. The van der Waals surface area contributed by atoms with E-state index in [0.29, 0.717) is 16.6 Å². The van der Waals surface area contributed by atoms with Crippen molar-refractivity contribution in [3.05, 3.63) is 17.1 Å². The molecule has 1 fully saturated rings. The van der Waals surface area contributed by atoms with Gasteiger partial charge in [-0.2, -0.15) is 5.10 Å². The van der Waals surface area contributed by atoms with Gasteiger partial charge in [-0.25, -0.2) is 0 Å². The number of fused-ring (bicyclic) bond motifs is 1. The molecule has 2 N–H and O–H groups in total. The van der Waals surface area contributed by atoms with Crippen molar-refractivity contribution in [1.82, 2.24) is 20.0 Å². The van der Waals surface area contributed by atoms with Crippen LogP contribution in [-0.4, -0.2) is 59.1 Å². The standard InChI is InChI=1S/C14H19N5OS/c1-18(2)9-4-7-19(8-5-9)14(20)12-11(15)10-3-6-16-17-13(10)21-12/h3,6,9H,4-5,7-8,15H2,1-2H3. The molecular formula is C14H19N5OS. The second-order valence-electron chi connectivity index (χ2n) is 5.58. The number of piperidine rings is 1. The van der Waals surface area contributed by atoms with Gasteiger partial charge < -0.3 is 15.5 Å². The van der Waals surface area contributed by atoms with Gasteiger partial charge in [0, 0.05) is 24.5 Å². The van der Waals surface area contributed by atoms with E-state index >= 15 is 0 Å². The monoisotopic (exact) mass is 305 g/mol. The third-order valence-electron chi connectivity index (χ3n) is 4.10. The quantitative estimate of drug-likeness (QED) is 0.908. The molecule has 2 aromatic heterocycles. The van der Waals surface area contributed by atoms with Crippen LogP contribution in [0, 0.1) is 0 Å². The maximum absolute atomic E-state index is 12.7. The fourth-order valence-corrected chi connectivity index (χ4v) is 3.77. The lowest BCUT2D eigenvalue weighted by Gasteiger charge is -2.35. The highest BCUT2D eigenvalue weighted by Gasteiger charge is 2.27. The molecule has 0 unspecified atom stereocenters. The summed E-state index contributed by atoms with van der Waals surface area (Å²) in [5.74, 6) is 0.0210. The van der Waals surface area contributed by atoms with Crippen LogP contribution in [0.2, 0.25) is 0 Å². The zero-order valence-corrected chi connectivity index (χ0v) is 13.1. The van der Waals surface area contributed by atoms with Crippen LogP contribution in [0.15, 0.2) is 12.3 Å². The van der Waals surface area contributed by atoms with Gasteiger partial charge in [0.05, 0.1) is 11.9 Å². The van der Waals surface area contributed by atoms with Crippen LogP contribution in [0.5, 0.6) is 0 Å². The molecule has 0 spiro atoms. The number of hydrogen-bond donors (Lipinski definition) is 1. The molecular weight excluding hydrogens is 286 g/mol. The van der Waals surface area contributed by atoms with E-state index in [1.165, 1.54) is 11.3 Å². The number of aromatic nitrogens is 2. The van der Waals surface area contributed by atoms with Gasteiger partial charge >= 0.3 is 0 Å². The number of rotatable bonds is 2. The molecule has 1 amide bonds. The molecule has 0 aromatic carbocycles. The summed E-state index contributed by atoms with van der Waals surface area (Å²) in [4.78, 5) is 18.1. The Hall–Kier alpha value is -1.73. The number of hydrogen-bond acceptors (Lipinski definition) is 6. The zero-order valence-electron chi connectivity index (χ0n) is 12.2. The average molecular weight is 305 g/mol. The van der Waals surface area contributed by atoms with Gasteiger partial charge in [-0.1, -0.05) is 0 Å². The zero-order chi connectivity index (χ0) is 15.0. The number of carbonyl (C=O) groups is 1. The summed E-state index contributed by atoms with van der Waals surface area (Å²) in [6.45, 7) is 1.56. The molecule has 3 heterocycles. The van der Waals surface area contributed by atoms with E-state index in [2.05, 4.69) is 29.2 Å². The van der Waals surface area contributed by atoms with Gasteiger partial charge in [0.1, 0.15) is 9.71 Å². The Morgan fingerprint density at radius 1 is 1.43 bits per heavy atom. The van der Waals surface area contributed by atoms with E-state index in [1.807, 2.05) is 11.0 Å². The van der Waals surface area contributed by atoms with Gasteiger partial charge in [0.25, 0.3) is 5.91 Å². The molecule has 112 valence electrons. The molecule has 6 nitrogen and oxygen atoms in total. The van der Waals surface area contributed by atoms with E-state index in [1.54, 1.807) is 6.20 Å². The first kappa shape index (κ1) is 14.2. The maximum Gasteiger partial charge on any atom is 0.266 e. The van der Waals surface area contributed by atoms with Gasteiger partial charge in [0.15, 0.2) is 0 Å². The van der Waals surface area contributed by atoms with Gasteiger partial charge in [-0.3, -0.25) is 4.79 Å². The summed E-state index contributed by atoms with van der Waals surface area (Å²) in [6.07, 6.45) is 3.61. The molecule has 0 aliphatic carbocycles. The molecule has 1 aliphatic rings. The predicted molar refractivity (Wildman–Crippen MR) is 84.4 cm³/mol. The Balaban J connectivity index is 1.80. The highest BCUT2D eigenvalue weighted by molar-refractivity contribution is 7.21. The van der Waals surface area contributed by atoms with Crippen molar-refractivity contribution in [3.63, 3.8) is 0 Å². The van der Waals surface area contributed by atoms with E-state index in [9.17, 15) is 4.79 Å². The fourth-order valence-electron chi connectivity index (χ4n) is 2.76. The normalized spacial score (nSPS) is 16.8. The minimum absolute atomic E-state index is 0.0210. The Bertz CT molecular complexity index is 660. The highest BCUT2D eigenvalue weighted by Crippen LogP contribution is 2.33. The summed E-state index contributed by atoms with van der Waals surface area (Å²) < 4.78 is 0. The third kappa shape index (κ3) is 2.58. The number of nitrogen functional groups attached to an aromatic ring is 1. The molecule has 1 saturated heterocycles. The Labute approximate surface area is 127 Å². The van der Waals surface area contributed by atoms with Crippen LogP contribution >= 0.6 is 11.3 Å². The minimum Gasteiger partial charge on any atom is -0.397 e. The second-order valence-corrected chi connectivity index (χ2v) is 6.58. The van der Waals surface area contributed by atoms with Crippen LogP contribution in [0.3, 0.4) is 0 Å². The van der Waals surface area contributed by atoms with Crippen molar-refractivity contribution in [2.45, 2.75) is 18.9 Å². The van der Waals surface area contributed by atoms with Crippen molar-refractivity contribution in [3.8, 4) is 0 Å². The van der Waals surface area contributed by atoms with Crippen LogP contribution in [0.1, 0.15) is 22.5 Å². The van der Waals surface area contributed by atoms with E-state index in [0.717, 1.165) is 36.1 Å². The smallest absolute Gasteiger partial charge is 0.266 e. The molecule has 0 bridgehead atoms. The topological polar surface area (TPSA) is 75.3 Å². The Morgan fingerprint density at radius 3 is 2.76 bits per heavy atom. The van der Waals surface area contributed by atoms with Gasteiger partial charge in [-0.15, -0.1) is 16.4 Å². The lowest BCUT2D eigenvalue weighted by atomic mass is 10.0. The summed E-state index contributed by atoms with van der Waals surface area (Å²) in [5.41, 5.74) is 6.64. The Morgan fingerprint density at radius 2 is 2.14 bits per heavy atom. The molecule has 0 radical (unpaired) electrons. The highest BCUT2D eigenvalue weighted by atomic mass is 32.1. The van der Waals surface area contributed by atoms with E-state index in [-0.39, 0.29) is 5.91 Å². The van der Waals surface area contributed by atoms with Crippen molar-refractivity contribution in [2.24, 2.45) is 0 Å². The second kappa shape index (κ2) is 5.57. The van der Waals surface area contributed by atoms with Crippen molar-refractivity contribution < 1.29 is 4.79 Å². The van der Waals surface area contributed by atoms with Crippen molar-refractivity contribution in [1.29, 1.82) is 0 Å². The molecule has 1 aliphatic heterocycles. The lowest BCUT2D eigenvalue weighted by molar-refractivity contribution is 0.0669. The number of nitrogens with zero attached hydrogens (tertiary/aromatic N) is 4. The molecule has 7 heteroatoms. The van der Waals surface area contributed by atoms with Crippen LogP contribution in [-0.2, 0) is 0 Å². The first-order chi connectivity index (χ1) is 10.1. The number of carbonyl (C=O) groups excluding carboxylic acids is 1. The molecule has 3 rings (SSSR count). The number of nitrogens with two attached hydrogens (primary N) is 1. The summed E-state index contributed by atoms with van der Waals surface area (Å²) >= 11 is 1.33. The van der Waals surface area contributed by atoms with Crippen LogP contribution < -0.4 is 5.73 Å². The summed E-state index contributed by atoms with van der Waals surface area (Å²) in [7, 11) is 4.18. The summed E-state index contributed by atoms with van der Waals surface area (Å²) in [6, 6.07) is 2.36. The van der Waals surface area contributed by atoms with Gasteiger partial charge in [0.2, 0.25) is 0 Å². The average Bonchev–Trinajstić information content (AvgIpc) is 2.84. The predicted octanol–water partition coefficient (Wildman–Crippen LogP) is 1.44. The minimum atomic E-state index is 0.0210. The van der Waals surface area contributed by atoms with E-state index in [4.69, 9.17) is 5.73 Å². The van der Waals surface area contributed by atoms with Crippen molar-refractivity contribution >= 4 is 33.1 Å². The number of thiophene rings is 1. The Kier molecular flexibility index (Phi) is 3.77. The number of likely N-dealkylation sites (tertiary alicyclic amines) is 1. The number of amides is 1. The van der Waals surface area contributed by atoms with Crippen LogP contribution in [0.25, 0.3) is 10.2 Å². The third-order valence-corrected chi connectivity index (χ3v) is 5.19. The van der Waals surface area contributed by atoms with Crippen LogP contribution in [0.4, 0.5) is 5.69 Å².